The van der Waals surface area contributed by atoms with Gasteiger partial charge < -0.3 is 10.6 Å². The summed E-state index contributed by atoms with van der Waals surface area (Å²) in [6.45, 7) is 0.709. The van der Waals surface area contributed by atoms with Crippen LogP contribution >= 0.6 is 0 Å². The van der Waals surface area contributed by atoms with Gasteiger partial charge in [0.25, 0.3) is 5.91 Å². The van der Waals surface area contributed by atoms with Crippen molar-refractivity contribution in [3.8, 4) is 11.3 Å². The Morgan fingerprint density at radius 2 is 1.75 bits per heavy atom. The van der Waals surface area contributed by atoms with Gasteiger partial charge in [0.15, 0.2) is 0 Å². The number of carbonyl (C=O) groups is 1. The molecule has 2 N–H and O–H groups in total. The Labute approximate surface area is 187 Å². The van der Waals surface area contributed by atoms with Gasteiger partial charge in [-0.05, 0) is 60.2 Å². The standard InChI is InChI=1S/C27H24N4O/c32-27(29-17-22-16-25(22)19-5-2-1-3-6-19)21-7-4-8-24(15-21)31-23-11-9-20(10-12-23)26-13-14-28-18-30-26/h1-15,18,22,25,31H,16-17H2,(H,29,32)/t22?,25-/m0/s1. The molecule has 5 nitrogen and oxygen atoms in total. The van der Waals surface area contributed by atoms with E-state index in [9.17, 15) is 4.79 Å². The van der Waals surface area contributed by atoms with Crippen LogP contribution in [0.1, 0.15) is 28.3 Å². The second-order valence-corrected chi connectivity index (χ2v) is 8.10. The van der Waals surface area contributed by atoms with Gasteiger partial charge in [0.1, 0.15) is 6.33 Å². The quantitative estimate of drug-likeness (QED) is 0.419. The Hall–Kier alpha value is -3.99. The SMILES string of the molecule is O=C(NCC1C[C@H]1c1ccccc1)c1cccc(Nc2ccc(-c3ccncn3)cc2)c1. The molecule has 1 fully saturated rings. The van der Waals surface area contributed by atoms with E-state index in [0.29, 0.717) is 23.9 Å². The molecule has 5 heteroatoms. The summed E-state index contributed by atoms with van der Waals surface area (Å²) in [5.41, 5.74) is 5.76. The number of amides is 1. The lowest BCUT2D eigenvalue weighted by atomic mass is 10.1. The molecule has 5 rings (SSSR count). The average Bonchev–Trinajstić information content (AvgIpc) is 3.64. The summed E-state index contributed by atoms with van der Waals surface area (Å²) in [5, 5.41) is 6.47. The van der Waals surface area contributed by atoms with Gasteiger partial charge in [-0.3, -0.25) is 4.79 Å². The largest absolute Gasteiger partial charge is 0.356 e. The number of anilines is 2. The predicted molar refractivity (Wildman–Crippen MR) is 127 cm³/mol. The number of hydrogen-bond donors (Lipinski definition) is 2. The van der Waals surface area contributed by atoms with Crippen molar-refractivity contribution in [3.63, 3.8) is 0 Å². The molecule has 3 aromatic carbocycles. The molecule has 0 radical (unpaired) electrons. The maximum Gasteiger partial charge on any atom is 0.251 e. The number of hydrogen-bond acceptors (Lipinski definition) is 4. The molecule has 0 spiro atoms. The zero-order valence-electron chi connectivity index (χ0n) is 17.6. The highest BCUT2D eigenvalue weighted by atomic mass is 16.1. The summed E-state index contributed by atoms with van der Waals surface area (Å²) < 4.78 is 0. The van der Waals surface area contributed by atoms with Crippen molar-refractivity contribution >= 4 is 17.3 Å². The lowest BCUT2D eigenvalue weighted by Crippen LogP contribution is -2.25. The van der Waals surface area contributed by atoms with Gasteiger partial charge in [-0.1, -0.05) is 48.5 Å². The highest BCUT2D eigenvalue weighted by Crippen LogP contribution is 2.46. The molecule has 2 atom stereocenters. The molecule has 32 heavy (non-hydrogen) atoms. The van der Waals surface area contributed by atoms with Crippen molar-refractivity contribution in [2.24, 2.45) is 5.92 Å². The monoisotopic (exact) mass is 420 g/mol. The smallest absolute Gasteiger partial charge is 0.251 e. The normalized spacial score (nSPS) is 16.9. The third kappa shape index (κ3) is 4.67. The molecular weight excluding hydrogens is 396 g/mol. The number of rotatable bonds is 7. The molecule has 0 aliphatic heterocycles. The second-order valence-electron chi connectivity index (χ2n) is 8.10. The minimum Gasteiger partial charge on any atom is -0.356 e. The van der Waals surface area contributed by atoms with Gasteiger partial charge in [0.2, 0.25) is 0 Å². The summed E-state index contributed by atoms with van der Waals surface area (Å²) >= 11 is 0. The van der Waals surface area contributed by atoms with E-state index in [1.165, 1.54) is 5.56 Å². The summed E-state index contributed by atoms with van der Waals surface area (Å²) in [6, 6.07) is 28.0. The average molecular weight is 421 g/mol. The number of aromatic nitrogens is 2. The highest BCUT2D eigenvalue weighted by Gasteiger charge is 2.38. The highest BCUT2D eigenvalue weighted by molar-refractivity contribution is 5.95. The zero-order chi connectivity index (χ0) is 21.8. The third-order valence-corrected chi connectivity index (χ3v) is 5.85. The number of benzene rings is 3. The van der Waals surface area contributed by atoms with Crippen molar-refractivity contribution in [1.82, 2.24) is 15.3 Å². The van der Waals surface area contributed by atoms with Crippen LogP contribution in [0.15, 0.2) is 97.5 Å². The Bertz CT molecular complexity index is 1190. The molecule has 1 amide bonds. The zero-order valence-corrected chi connectivity index (χ0v) is 17.6. The predicted octanol–water partition coefficient (Wildman–Crippen LogP) is 5.42. The van der Waals surface area contributed by atoms with E-state index >= 15 is 0 Å². The molecule has 1 unspecified atom stereocenters. The van der Waals surface area contributed by atoms with Crippen LogP contribution in [0.2, 0.25) is 0 Å². The molecule has 1 saturated carbocycles. The molecule has 158 valence electrons. The maximum atomic E-state index is 12.7. The lowest BCUT2D eigenvalue weighted by molar-refractivity contribution is 0.0951. The van der Waals surface area contributed by atoms with Crippen molar-refractivity contribution < 1.29 is 4.79 Å². The summed E-state index contributed by atoms with van der Waals surface area (Å²) in [7, 11) is 0. The molecule has 4 aromatic rings. The Balaban J connectivity index is 1.18. The van der Waals surface area contributed by atoms with Crippen LogP contribution < -0.4 is 10.6 Å². The summed E-state index contributed by atoms with van der Waals surface area (Å²) in [6.07, 6.45) is 4.41. The topological polar surface area (TPSA) is 66.9 Å². The van der Waals surface area contributed by atoms with Crippen molar-refractivity contribution in [1.29, 1.82) is 0 Å². The summed E-state index contributed by atoms with van der Waals surface area (Å²) in [4.78, 5) is 20.9. The first-order valence-electron chi connectivity index (χ1n) is 10.8. The van der Waals surface area contributed by atoms with Crippen LogP contribution in [0.3, 0.4) is 0 Å². The van der Waals surface area contributed by atoms with Crippen LogP contribution in [-0.4, -0.2) is 22.4 Å². The fourth-order valence-corrected chi connectivity index (χ4v) is 4.00. The van der Waals surface area contributed by atoms with Crippen LogP contribution in [0.4, 0.5) is 11.4 Å². The molecule has 1 aliphatic rings. The van der Waals surface area contributed by atoms with E-state index in [-0.39, 0.29) is 5.91 Å². The molecule has 0 bridgehead atoms. The summed E-state index contributed by atoms with van der Waals surface area (Å²) in [5.74, 6) is 1.05. The molecule has 1 heterocycles. The van der Waals surface area contributed by atoms with Crippen LogP contribution in [0.25, 0.3) is 11.3 Å². The molecule has 0 saturated heterocycles. The number of nitrogens with one attached hydrogen (secondary N) is 2. The minimum atomic E-state index is -0.0357. The minimum absolute atomic E-state index is 0.0357. The number of nitrogens with zero attached hydrogens (tertiary/aromatic N) is 2. The first-order chi connectivity index (χ1) is 15.8. The second kappa shape index (κ2) is 9.02. The Morgan fingerprint density at radius 3 is 2.53 bits per heavy atom. The Kier molecular flexibility index (Phi) is 5.62. The van der Waals surface area contributed by atoms with Crippen LogP contribution in [0, 0.1) is 5.92 Å². The van der Waals surface area contributed by atoms with Crippen LogP contribution in [0.5, 0.6) is 0 Å². The van der Waals surface area contributed by atoms with E-state index in [4.69, 9.17) is 0 Å². The maximum absolute atomic E-state index is 12.7. The molecule has 1 aliphatic carbocycles. The van der Waals surface area contributed by atoms with Gasteiger partial charge in [0, 0.05) is 35.2 Å². The van der Waals surface area contributed by atoms with E-state index in [1.54, 1.807) is 12.5 Å². The van der Waals surface area contributed by atoms with E-state index in [0.717, 1.165) is 29.1 Å². The van der Waals surface area contributed by atoms with E-state index in [2.05, 4.69) is 44.9 Å². The fourth-order valence-electron chi connectivity index (χ4n) is 4.00. The van der Waals surface area contributed by atoms with E-state index < -0.39 is 0 Å². The lowest BCUT2D eigenvalue weighted by Gasteiger charge is -2.10. The van der Waals surface area contributed by atoms with Gasteiger partial charge in [-0.2, -0.15) is 0 Å². The van der Waals surface area contributed by atoms with Gasteiger partial charge >= 0.3 is 0 Å². The number of carbonyl (C=O) groups excluding carboxylic acids is 1. The third-order valence-electron chi connectivity index (χ3n) is 5.85. The van der Waals surface area contributed by atoms with E-state index in [1.807, 2.05) is 60.7 Å². The Morgan fingerprint density at radius 1 is 0.906 bits per heavy atom. The van der Waals surface area contributed by atoms with Crippen molar-refractivity contribution in [2.45, 2.75) is 12.3 Å². The first-order valence-corrected chi connectivity index (χ1v) is 10.8. The van der Waals surface area contributed by atoms with Gasteiger partial charge in [-0.15, -0.1) is 0 Å². The van der Waals surface area contributed by atoms with Gasteiger partial charge in [0.05, 0.1) is 5.69 Å². The first kappa shape index (κ1) is 19.9. The molecular formula is C27H24N4O. The van der Waals surface area contributed by atoms with Crippen molar-refractivity contribution in [2.75, 3.05) is 11.9 Å². The van der Waals surface area contributed by atoms with Gasteiger partial charge in [-0.25, -0.2) is 9.97 Å². The van der Waals surface area contributed by atoms with Crippen molar-refractivity contribution in [3.05, 3.63) is 109 Å². The van der Waals surface area contributed by atoms with Crippen LogP contribution in [-0.2, 0) is 0 Å². The molecule has 1 aromatic heterocycles. The fraction of sp³-hybridized carbons (Fsp3) is 0.148.